The van der Waals surface area contributed by atoms with Crippen LogP contribution in [0.1, 0.15) is 62.5 Å². The molecular formula is C19H31N5O2. The Kier molecular flexibility index (Phi) is 5.27. The molecule has 0 atom stereocenters. The molecule has 1 amide bonds. The van der Waals surface area contributed by atoms with Gasteiger partial charge < -0.3 is 19.5 Å². The van der Waals surface area contributed by atoms with Crippen LogP contribution in [0.2, 0.25) is 0 Å². The van der Waals surface area contributed by atoms with E-state index in [1.165, 1.54) is 12.8 Å². The Bertz CT molecular complexity index is 630. The molecule has 3 heterocycles. The van der Waals surface area contributed by atoms with Crippen LogP contribution in [-0.4, -0.2) is 58.9 Å². The predicted molar refractivity (Wildman–Crippen MR) is 97.7 cm³/mol. The number of amides is 1. The van der Waals surface area contributed by atoms with Crippen LogP contribution in [-0.2, 0) is 22.6 Å². The summed E-state index contributed by atoms with van der Waals surface area (Å²) in [6.07, 6.45) is 7.26. The number of likely N-dealkylation sites (tertiary alicyclic amines) is 1. The fraction of sp³-hybridized carbons (Fsp3) is 0.842. The van der Waals surface area contributed by atoms with Gasteiger partial charge in [-0.25, -0.2) is 0 Å². The van der Waals surface area contributed by atoms with Crippen molar-refractivity contribution in [1.82, 2.24) is 25.0 Å². The number of piperidine rings is 1. The first-order chi connectivity index (χ1) is 12.7. The van der Waals surface area contributed by atoms with Crippen LogP contribution in [0, 0.1) is 5.41 Å². The molecule has 1 N–H and O–H groups in total. The summed E-state index contributed by atoms with van der Waals surface area (Å²) in [5.74, 6) is 2.98. The van der Waals surface area contributed by atoms with E-state index >= 15 is 0 Å². The van der Waals surface area contributed by atoms with Gasteiger partial charge in [0.1, 0.15) is 11.6 Å². The van der Waals surface area contributed by atoms with Crippen molar-refractivity contribution in [2.24, 2.45) is 5.41 Å². The zero-order valence-electron chi connectivity index (χ0n) is 15.9. The molecule has 1 aliphatic carbocycles. The van der Waals surface area contributed by atoms with E-state index in [-0.39, 0.29) is 5.41 Å². The summed E-state index contributed by atoms with van der Waals surface area (Å²) in [4.78, 5) is 15.4. The average Bonchev–Trinajstić information content (AvgIpc) is 3.34. The van der Waals surface area contributed by atoms with Gasteiger partial charge in [0.15, 0.2) is 0 Å². The topological polar surface area (TPSA) is 72.3 Å². The number of rotatable bonds is 5. The van der Waals surface area contributed by atoms with Gasteiger partial charge in [-0.1, -0.05) is 12.8 Å². The highest BCUT2D eigenvalue weighted by atomic mass is 16.5. The summed E-state index contributed by atoms with van der Waals surface area (Å²) in [5, 5.41) is 12.2. The van der Waals surface area contributed by atoms with Gasteiger partial charge in [0.05, 0.1) is 12.0 Å². The molecule has 7 nitrogen and oxygen atoms in total. The maximum Gasteiger partial charge on any atom is 0.228 e. The Hall–Kier alpha value is -1.47. The van der Waals surface area contributed by atoms with Gasteiger partial charge in [-0.3, -0.25) is 4.79 Å². The minimum atomic E-state index is -0.164. The van der Waals surface area contributed by atoms with Crippen molar-refractivity contribution in [2.75, 3.05) is 33.4 Å². The van der Waals surface area contributed by atoms with Crippen LogP contribution in [0.25, 0.3) is 0 Å². The molecule has 1 saturated heterocycles. The number of nitrogens with one attached hydrogen (secondary N) is 1. The fourth-order valence-corrected chi connectivity index (χ4v) is 5.01. The summed E-state index contributed by atoms with van der Waals surface area (Å²) in [6.45, 7) is 5.13. The summed E-state index contributed by atoms with van der Waals surface area (Å²) in [5.41, 5.74) is -0.164. The molecule has 1 aromatic rings. The lowest BCUT2D eigenvalue weighted by Crippen LogP contribution is -2.46. The first kappa shape index (κ1) is 17.9. The zero-order valence-corrected chi connectivity index (χ0v) is 15.9. The number of nitrogens with zero attached hydrogens (tertiary/aromatic N) is 4. The summed E-state index contributed by atoms with van der Waals surface area (Å²) < 4.78 is 7.58. The van der Waals surface area contributed by atoms with E-state index in [0.717, 1.165) is 76.5 Å². The molecule has 7 heteroatoms. The molecular weight excluding hydrogens is 330 g/mol. The molecule has 144 valence electrons. The van der Waals surface area contributed by atoms with Gasteiger partial charge in [0.2, 0.25) is 5.91 Å². The fourth-order valence-electron chi connectivity index (χ4n) is 5.01. The zero-order chi connectivity index (χ0) is 18.0. The van der Waals surface area contributed by atoms with Crippen molar-refractivity contribution in [1.29, 1.82) is 0 Å². The molecule has 3 aliphatic rings. The first-order valence-corrected chi connectivity index (χ1v) is 10.1. The Morgan fingerprint density at radius 3 is 2.73 bits per heavy atom. The Labute approximate surface area is 155 Å². The minimum absolute atomic E-state index is 0.164. The van der Waals surface area contributed by atoms with E-state index in [0.29, 0.717) is 18.4 Å². The molecule has 1 saturated carbocycles. The van der Waals surface area contributed by atoms with Crippen molar-refractivity contribution in [3.05, 3.63) is 11.6 Å². The monoisotopic (exact) mass is 361 g/mol. The molecule has 2 aliphatic heterocycles. The number of hydrogen-bond donors (Lipinski definition) is 1. The van der Waals surface area contributed by atoms with E-state index in [4.69, 9.17) is 4.74 Å². The molecule has 0 radical (unpaired) electrons. The van der Waals surface area contributed by atoms with E-state index in [1.54, 1.807) is 7.11 Å². The Morgan fingerprint density at radius 2 is 2.00 bits per heavy atom. The van der Waals surface area contributed by atoms with Crippen LogP contribution < -0.4 is 5.32 Å². The molecule has 1 aromatic heterocycles. The lowest BCUT2D eigenvalue weighted by molar-refractivity contribution is -0.144. The Balaban J connectivity index is 1.40. The molecule has 0 aromatic carbocycles. The van der Waals surface area contributed by atoms with Gasteiger partial charge >= 0.3 is 0 Å². The quantitative estimate of drug-likeness (QED) is 0.864. The Morgan fingerprint density at radius 1 is 1.23 bits per heavy atom. The number of ether oxygens (including phenoxy) is 1. The van der Waals surface area contributed by atoms with Gasteiger partial charge in [-0.2, -0.15) is 0 Å². The molecule has 26 heavy (non-hydrogen) atoms. The second-order valence-corrected chi connectivity index (χ2v) is 8.10. The van der Waals surface area contributed by atoms with Crippen LogP contribution >= 0.6 is 0 Å². The maximum absolute atomic E-state index is 13.3. The third-order valence-corrected chi connectivity index (χ3v) is 6.60. The third-order valence-electron chi connectivity index (χ3n) is 6.60. The number of fused-ring (bicyclic) bond motifs is 1. The highest BCUT2D eigenvalue weighted by Crippen LogP contribution is 2.43. The van der Waals surface area contributed by atoms with Crippen molar-refractivity contribution in [3.8, 4) is 0 Å². The second kappa shape index (κ2) is 7.64. The van der Waals surface area contributed by atoms with Crippen LogP contribution in [0.4, 0.5) is 0 Å². The predicted octanol–water partition coefficient (Wildman–Crippen LogP) is 1.68. The summed E-state index contributed by atoms with van der Waals surface area (Å²) in [6, 6.07) is 0. The largest absolute Gasteiger partial charge is 0.385 e. The van der Waals surface area contributed by atoms with E-state index < -0.39 is 0 Å². The van der Waals surface area contributed by atoms with E-state index in [1.807, 2.05) is 0 Å². The molecule has 0 bridgehead atoms. The number of hydrogen-bond acceptors (Lipinski definition) is 5. The summed E-state index contributed by atoms with van der Waals surface area (Å²) in [7, 11) is 1.73. The SMILES string of the molecule is COCCC1(C(=O)N2CCC(c3nnc4n3CCNC4)CC2)CCCC1. The molecule has 0 unspecified atom stereocenters. The van der Waals surface area contributed by atoms with Gasteiger partial charge in [-0.05, 0) is 32.1 Å². The van der Waals surface area contributed by atoms with Crippen LogP contribution in [0.3, 0.4) is 0 Å². The number of aromatic nitrogens is 3. The number of carbonyl (C=O) groups excluding carboxylic acids is 1. The third kappa shape index (κ3) is 3.27. The van der Waals surface area contributed by atoms with Crippen molar-refractivity contribution in [2.45, 2.75) is 64.0 Å². The van der Waals surface area contributed by atoms with Crippen molar-refractivity contribution in [3.63, 3.8) is 0 Å². The number of carbonyl (C=O) groups is 1. The molecule has 4 rings (SSSR count). The van der Waals surface area contributed by atoms with Gasteiger partial charge in [-0.15, -0.1) is 10.2 Å². The maximum atomic E-state index is 13.3. The lowest BCUT2D eigenvalue weighted by Gasteiger charge is -2.38. The van der Waals surface area contributed by atoms with E-state index in [9.17, 15) is 4.79 Å². The normalized spacial score (nSPS) is 23.2. The average molecular weight is 361 g/mol. The minimum Gasteiger partial charge on any atom is -0.385 e. The van der Waals surface area contributed by atoms with Crippen LogP contribution in [0.5, 0.6) is 0 Å². The standard InChI is InChI=1S/C19H31N5O2/c1-26-13-8-19(6-2-3-7-19)18(25)23-10-4-15(5-11-23)17-22-21-16-14-20-9-12-24(16)17/h15,20H,2-14H2,1H3. The summed E-state index contributed by atoms with van der Waals surface area (Å²) >= 11 is 0. The number of methoxy groups -OCH3 is 1. The second-order valence-electron chi connectivity index (χ2n) is 8.10. The highest BCUT2D eigenvalue weighted by molar-refractivity contribution is 5.83. The lowest BCUT2D eigenvalue weighted by atomic mass is 9.80. The van der Waals surface area contributed by atoms with Gasteiger partial charge in [0.25, 0.3) is 0 Å². The van der Waals surface area contributed by atoms with E-state index in [2.05, 4.69) is 25.0 Å². The molecule has 2 fully saturated rings. The smallest absolute Gasteiger partial charge is 0.228 e. The van der Waals surface area contributed by atoms with Crippen molar-refractivity contribution >= 4 is 5.91 Å². The van der Waals surface area contributed by atoms with Crippen molar-refractivity contribution < 1.29 is 9.53 Å². The van der Waals surface area contributed by atoms with Crippen LogP contribution in [0.15, 0.2) is 0 Å². The molecule has 0 spiro atoms. The highest BCUT2D eigenvalue weighted by Gasteiger charge is 2.44. The first-order valence-electron chi connectivity index (χ1n) is 10.1. The van der Waals surface area contributed by atoms with Gasteiger partial charge in [0, 0.05) is 45.8 Å².